The van der Waals surface area contributed by atoms with E-state index >= 15 is 0 Å². The van der Waals surface area contributed by atoms with Gasteiger partial charge in [0.05, 0.1) is 32.8 Å². The number of anilines is 1. The molecule has 0 saturated heterocycles. The molecule has 0 atom stereocenters. The Balaban J connectivity index is 2.98. The summed E-state index contributed by atoms with van der Waals surface area (Å²) < 4.78 is 42.0. The van der Waals surface area contributed by atoms with Gasteiger partial charge in [0, 0.05) is 12.1 Å². The molecule has 0 aliphatic heterocycles. The molecule has 1 aromatic rings. The zero-order valence-electron chi connectivity index (χ0n) is 12.7. The number of nitrogens with one attached hydrogen (secondary N) is 2. The van der Waals surface area contributed by atoms with Crippen LogP contribution < -0.4 is 24.2 Å². The smallest absolute Gasteiger partial charge is 0.232 e. The molecule has 1 rings (SSSR count). The Morgan fingerprint density at radius 1 is 1.05 bits per heavy atom. The molecule has 0 radical (unpaired) electrons. The summed E-state index contributed by atoms with van der Waals surface area (Å²) in [6.07, 6.45) is 0.524. The fourth-order valence-electron chi connectivity index (χ4n) is 1.81. The first-order valence-corrected chi connectivity index (χ1v) is 8.07. The van der Waals surface area contributed by atoms with Crippen LogP contribution in [0.5, 0.6) is 17.2 Å². The zero-order chi connectivity index (χ0) is 15.9. The van der Waals surface area contributed by atoms with Crippen molar-refractivity contribution in [2.75, 3.05) is 45.4 Å². The van der Waals surface area contributed by atoms with E-state index in [-0.39, 0.29) is 5.75 Å². The molecular weight excluding hydrogens is 296 g/mol. The molecule has 0 aromatic heterocycles. The summed E-state index contributed by atoms with van der Waals surface area (Å²) in [5.74, 6) is 1.23. The van der Waals surface area contributed by atoms with Crippen molar-refractivity contribution in [1.82, 2.24) is 5.32 Å². The van der Waals surface area contributed by atoms with Crippen molar-refractivity contribution in [3.05, 3.63) is 12.1 Å². The molecule has 0 bridgehead atoms. The van der Waals surface area contributed by atoms with E-state index in [2.05, 4.69) is 10.0 Å². The minimum Gasteiger partial charge on any atom is -0.493 e. The van der Waals surface area contributed by atoms with Gasteiger partial charge in [-0.15, -0.1) is 0 Å². The highest BCUT2D eigenvalue weighted by atomic mass is 32.2. The number of ether oxygens (including phenoxy) is 3. The van der Waals surface area contributed by atoms with Crippen molar-refractivity contribution in [3.63, 3.8) is 0 Å². The normalized spacial score (nSPS) is 11.0. The van der Waals surface area contributed by atoms with Crippen LogP contribution >= 0.6 is 0 Å². The van der Waals surface area contributed by atoms with Gasteiger partial charge in [-0.05, 0) is 20.0 Å². The van der Waals surface area contributed by atoms with Crippen LogP contribution in [0.4, 0.5) is 5.69 Å². The maximum atomic E-state index is 12.0. The average Bonchev–Trinajstić information content (AvgIpc) is 2.45. The molecule has 0 spiro atoms. The van der Waals surface area contributed by atoms with Crippen molar-refractivity contribution >= 4 is 15.7 Å². The van der Waals surface area contributed by atoms with Crippen LogP contribution in [-0.2, 0) is 10.0 Å². The Hall–Kier alpha value is -1.67. The lowest BCUT2D eigenvalue weighted by molar-refractivity contribution is 0.325. The van der Waals surface area contributed by atoms with Gasteiger partial charge in [-0.2, -0.15) is 0 Å². The molecule has 0 heterocycles. The number of sulfonamides is 1. The second-order valence-corrected chi connectivity index (χ2v) is 6.13. The molecule has 120 valence electrons. The predicted molar refractivity (Wildman–Crippen MR) is 82.1 cm³/mol. The molecule has 0 unspecified atom stereocenters. The van der Waals surface area contributed by atoms with Crippen LogP contribution in [0, 0.1) is 0 Å². The number of rotatable bonds is 9. The molecular formula is C13H22N2O5S. The summed E-state index contributed by atoms with van der Waals surface area (Å²) in [6.45, 7) is 0.635. The van der Waals surface area contributed by atoms with Gasteiger partial charge in [-0.25, -0.2) is 8.42 Å². The number of methoxy groups -OCH3 is 3. The lowest BCUT2D eigenvalue weighted by atomic mass is 10.2. The summed E-state index contributed by atoms with van der Waals surface area (Å²) in [5.41, 5.74) is 0.369. The molecule has 0 saturated carbocycles. The van der Waals surface area contributed by atoms with Crippen molar-refractivity contribution in [2.45, 2.75) is 6.42 Å². The first kappa shape index (κ1) is 17.4. The Morgan fingerprint density at radius 3 is 2.05 bits per heavy atom. The third kappa shape index (κ3) is 4.98. The summed E-state index contributed by atoms with van der Waals surface area (Å²) in [4.78, 5) is 0. The SMILES string of the molecule is CNCCCS(=O)(=O)Nc1cc(OC)c(OC)c(OC)c1. The quantitative estimate of drug-likeness (QED) is 0.662. The highest BCUT2D eigenvalue weighted by Gasteiger charge is 2.16. The summed E-state index contributed by atoms with van der Waals surface area (Å²) in [5, 5.41) is 2.91. The van der Waals surface area contributed by atoms with Gasteiger partial charge in [0.2, 0.25) is 15.8 Å². The molecule has 0 amide bonds. The third-order valence-electron chi connectivity index (χ3n) is 2.78. The third-order valence-corrected chi connectivity index (χ3v) is 4.15. The van der Waals surface area contributed by atoms with Gasteiger partial charge in [-0.3, -0.25) is 4.72 Å². The minimum absolute atomic E-state index is 0.0322. The predicted octanol–water partition coefficient (Wildman–Crippen LogP) is 1.06. The molecule has 1 aromatic carbocycles. The fraction of sp³-hybridized carbons (Fsp3) is 0.538. The number of hydrogen-bond donors (Lipinski definition) is 2. The van der Waals surface area contributed by atoms with Crippen LogP contribution in [-0.4, -0.2) is 49.1 Å². The molecule has 2 N–H and O–H groups in total. The lowest BCUT2D eigenvalue weighted by Gasteiger charge is -2.15. The topological polar surface area (TPSA) is 85.9 Å². The Kier molecular flexibility index (Phi) is 6.57. The highest BCUT2D eigenvalue weighted by Crippen LogP contribution is 2.40. The largest absolute Gasteiger partial charge is 0.493 e. The zero-order valence-corrected chi connectivity index (χ0v) is 13.5. The molecule has 0 fully saturated rings. The van der Waals surface area contributed by atoms with Crippen LogP contribution in [0.15, 0.2) is 12.1 Å². The number of hydrogen-bond acceptors (Lipinski definition) is 6. The standard InChI is InChI=1S/C13H22N2O5S/c1-14-6-5-7-21(16,17)15-10-8-11(18-2)13(20-4)12(9-10)19-3/h8-9,14-15H,5-7H2,1-4H3. The second-order valence-electron chi connectivity index (χ2n) is 4.29. The van der Waals surface area contributed by atoms with Gasteiger partial charge >= 0.3 is 0 Å². The molecule has 7 nitrogen and oxygen atoms in total. The minimum atomic E-state index is -3.42. The monoisotopic (exact) mass is 318 g/mol. The van der Waals surface area contributed by atoms with E-state index in [0.29, 0.717) is 35.9 Å². The van der Waals surface area contributed by atoms with Gasteiger partial charge in [-0.1, -0.05) is 0 Å². The summed E-state index contributed by atoms with van der Waals surface area (Å²) in [7, 11) is 2.80. The fourth-order valence-corrected chi connectivity index (χ4v) is 2.91. The van der Waals surface area contributed by atoms with Gasteiger partial charge in [0.1, 0.15) is 0 Å². The van der Waals surface area contributed by atoms with Crippen LogP contribution in [0.2, 0.25) is 0 Å². The molecule has 0 aliphatic rings. The van der Waals surface area contributed by atoms with E-state index in [9.17, 15) is 8.42 Å². The Morgan fingerprint density at radius 2 is 1.62 bits per heavy atom. The van der Waals surface area contributed by atoms with Crippen molar-refractivity contribution < 1.29 is 22.6 Å². The maximum absolute atomic E-state index is 12.0. The van der Waals surface area contributed by atoms with Crippen LogP contribution in [0.1, 0.15) is 6.42 Å². The summed E-state index contributed by atoms with van der Waals surface area (Å²) in [6, 6.07) is 3.11. The van der Waals surface area contributed by atoms with Crippen molar-refractivity contribution in [2.24, 2.45) is 0 Å². The van der Waals surface area contributed by atoms with E-state index in [0.717, 1.165) is 0 Å². The van der Waals surface area contributed by atoms with Crippen LogP contribution in [0.3, 0.4) is 0 Å². The Bertz CT molecular complexity index is 535. The van der Waals surface area contributed by atoms with E-state index in [1.807, 2.05) is 0 Å². The van der Waals surface area contributed by atoms with Gasteiger partial charge in [0.15, 0.2) is 11.5 Å². The highest BCUT2D eigenvalue weighted by molar-refractivity contribution is 7.92. The molecule has 0 aliphatic carbocycles. The maximum Gasteiger partial charge on any atom is 0.232 e. The first-order chi connectivity index (χ1) is 9.97. The van der Waals surface area contributed by atoms with E-state index in [1.54, 1.807) is 19.2 Å². The van der Waals surface area contributed by atoms with Gasteiger partial charge < -0.3 is 19.5 Å². The molecule has 8 heteroatoms. The number of benzene rings is 1. The summed E-state index contributed by atoms with van der Waals surface area (Å²) >= 11 is 0. The van der Waals surface area contributed by atoms with E-state index in [1.165, 1.54) is 21.3 Å². The second kappa shape index (κ2) is 7.94. The van der Waals surface area contributed by atoms with Crippen LogP contribution in [0.25, 0.3) is 0 Å². The van der Waals surface area contributed by atoms with E-state index < -0.39 is 10.0 Å². The lowest BCUT2D eigenvalue weighted by Crippen LogP contribution is -2.20. The molecule has 21 heavy (non-hydrogen) atoms. The van der Waals surface area contributed by atoms with Crippen molar-refractivity contribution in [3.8, 4) is 17.2 Å². The van der Waals surface area contributed by atoms with Gasteiger partial charge in [0.25, 0.3) is 0 Å². The van der Waals surface area contributed by atoms with Crippen molar-refractivity contribution in [1.29, 1.82) is 0 Å². The first-order valence-electron chi connectivity index (χ1n) is 6.42. The average molecular weight is 318 g/mol. The van der Waals surface area contributed by atoms with E-state index in [4.69, 9.17) is 14.2 Å². The Labute approximate surface area is 125 Å².